The van der Waals surface area contributed by atoms with Crippen molar-refractivity contribution in [2.24, 2.45) is 0 Å². The summed E-state index contributed by atoms with van der Waals surface area (Å²) in [6, 6.07) is 13.3. The summed E-state index contributed by atoms with van der Waals surface area (Å²) in [6.45, 7) is 2.13. The van der Waals surface area contributed by atoms with Crippen molar-refractivity contribution in [2.75, 3.05) is 36.5 Å². The molecule has 0 amide bonds. The first kappa shape index (κ1) is 20.1. The molecule has 1 saturated heterocycles. The third kappa shape index (κ3) is 3.89. The summed E-state index contributed by atoms with van der Waals surface area (Å²) < 4.78 is 34.4. The monoisotopic (exact) mass is 439 g/mol. The Bertz CT molecular complexity index is 1260. The van der Waals surface area contributed by atoms with Crippen molar-refractivity contribution < 1.29 is 18.6 Å². The molecule has 32 heavy (non-hydrogen) atoms. The van der Waals surface area contributed by atoms with Crippen molar-refractivity contribution in [1.82, 2.24) is 24.5 Å². The number of morpholine rings is 1. The van der Waals surface area contributed by atoms with Gasteiger partial charge in [-0.3, -0.25) is 4.57 Å². The zero-order valence-corrected chi connectivity index (χ0v) is 16.8. The van der Waals surface area contributed by atoms with E-state index in [-0.39, 0.29) is 17.6 Å². The Morgan fingerprint density at radius 3 is 2.50 bits per heavy atom. The van der Waals surface area contributed by atoms with Crippen LogP contribution in [-0.2, 0) is 4.74 Å². The molecule has 2 aromatic heterocycles. The maximum Gasteiger partial charge on any atom is 0.296 e. The highest BCUT2D eigenvalue weighted by Gasteiger charge is 2.24. The smallest absolute Gasteiger partial charge is 0.296 e. The maximum absolute atomic E-state index is 13.9. The average molecular weight is 439 g/mol. The van der Waals surface area contributed by atoms with Crippen molar-refractivity contribution in [2.45, 2.75) is 6.43 Å². The molecule has 0 aliphatic carbocycles. The molecule has 1 aliphatic heterocycles. The molecule has 0 radical (unpaired) electrons. The Morgan fingerprint density at radius 1 is 0.938 bits per heavy atom. The van der Waals surface area contributed by atoms with E-state index in [0.29, 0.717) is 49.0 Å². The fourth-order valence-electron chi connectivity index (χ4n) is 3.53. The number of phenols is 1. The Kier molecular flexibility index (Phi) is 5.23. The van der Waals surface area contributed by atoms with Gasteiger partial charge in [-0.2, -0.15) is 15.0 Å². The Labute approximate surface area is 181 Å². The highest BCUT2D eigenvalue weighted by atomic mass is 19.3. The van der Waals surface area contributed by atoms with E-state index in [1.54, 1.807) is 36.4 Å². The van der Waals surface area contributed by atoms with Gasteiger partial charge in [-0.25, -0.2) is 13.8 Å². The minimum Gasteiger partial charge on any atom is -0.508 e. The number of fused-ring (bicyclic) bond motifs is 1. The predicted octanol–water partition coefficient (Wildman–Crippen LogP) is 3.43. The van der Waals surface area contributed by atoms with Gasteiger partial charge in [-0.15, -0.1) is 0 Å². The fourth-order valence-corrected chi connectivity index (χ4v) is 3.53. The van der Waals surface area contributed by atoms with Gasteiger partial charge in [0.2, 0.25) is 17.8 Å². The highest BCUT2D eigenvalue weighted by Crippen LogP contribution is 2.28. The van der Waals surface area contributed by atoms with Gasteiger partial charge >= 0.3 is 0 Å². The molecule has 2 aromatic carbocycles. The maximum atomic E-state index is 13.9. The van der Waals surface area contributed by atoms with Crippen LogP contribution in [0.25, 0.3) is 17.0 Å². The normalized spacial score (nSPS) is 14.3. The molecule has 2 N–H and O–H groups in total. The fraction of sp³-hybridized carbons (Fsp3) is 0.238. The minimum absolute atomic E-state index is 0.0214. The van der Waals surface area contributed by atoms with E-state index in [9.17, 15) is 13.9 Å². The van der Waals surface area contributed by atoms with Gasteiger partial charge in [-0.05, 0) is 24.3 Å². The summed E-state index contributed by atoms with van der Waals surface area (Å²) in [6.07, 6.45) is -2.83. The summed E-state index contributed by atoms with van der Waals surface area (Å²) in [4.78, 5) is 19.4. The molecular formula is C21H19F2N7O2. The van der Waals surface area contributed by atoms with Gasteiger partial charge in [0.05, 0.1) is 24.2 Å². The van der Waals surface area contributed by atoms with Gasteiger partial charge in [0.15, 0.2) is 5.82 Å². The van der Waals surface area contributed by atoms with E-state index < -0.39 is 12.2 Å². The summed E-state index contributed by atoms with van der Waals surface area (Å²) >= 11 is 0. The molecule has 4 aromatic rings. The topological polar surface area (TPSA) is 101 Å². The van der Waals surface area contributed by atoms with Crippen molar-refractivity contribution >= 4 is 28.6 Å². The first-order chi connectivity index (χ1) is 15.6. The second-order valence-corrected chi connectivity index (χ2v) is 7.13. The summed E-state index contributed by atoms with van der Waals surface area (Å²) in [5, 5.41) is 12.8. The van der Waals surface area contributed by atoms with Crippen LogP contribution in [0.5, 0.6) is 5.75 Å². The number of rotatable bonds is 5. The molecule has 3 heterocycles. The number of nitrogens with zero attached hydrogens (tertiary/aromatic N) is 6. The molecule has 0 bridgehead atoms. The van der Waals surface area contributed by atoms with Crippen molar-refractivity contribution in [3.05, 3.63) is 54.4 Å². The molecule has 0 spiro atoms. The number of benzene rings is 2. The highest BCUT2D eigenvalue weighted by molar-refractivity contribution is 5.77. The lowest BCUT2D eigenvalue weighted by Gasteiger charge is -2.27. The van der Waals surface area contributed by atoms with E-state index in [1.165, 1.54) is 16.7 Å². The average Bonchev–Trinajstić information content (AvgIpc) is 3.20. The van der Waals surface area contributed by atoms with Crippen LogP contribution in [0.1, 0.15) is 12.2 Å². The van der Waals surface area contributed by atoms with Crippen LogP contribution in [0.2, 0.25) is 0 Å². The number of ether oxygens (including phenoxy) is 1. The number of hydrogen-bond acceptors (Lipinski definition) is 8. The van der Waals surface area contributed by atoms with E-state index in [0.717, 1.165) is 0 Å². The van der Waals surface area contributed by atoms with E-state index in [2.05, 4.69) is 25.3 Å². The number of aromatic nitrogens is 5. The molecule has 9 nitrogen and oxygen atoms in total. The van der Waals surface area contributed by atoms with Gasteiger partial charge in [0.1, 0.15) is 5.75 Å². The van der Waals surface area contributed by atoms with Gasteiger partial charge in [-0.1, -0.05) is 18.2 Å². The number of hydrogen-bond donors (Lipinski definition) is 2. The lowest BCUT2D eigenvalue weighted by molar-refractivity contribution is 0.122. The quantitative estimate of drug-likeness (QED) is 0.488. The number of phenolic OH excluding ortho intramolecular Hbond substituents is 1. The Balaban J connectivity index is 1.66. The molecule has 1 fully saturated rings. The molecule has 0 atom stereocenters. The lowest BCUT2D eigenvalue weighted by atomic mass is 10.3. The van der Waals surface area contributed by atoms with Gasteiger partial charge in [0.25, 0.3) is 6.43 Å². The van der Waals surface area contributed by atoms with Gasteiger partial charge in [0, 0.05) is 24.8 Å². The molecule has 0 unspecified atom stereocenters. The summed E-state index contributed by atoms with van der Waals surface area (Å²) in [5.41, 5.74) is 1.42. The standard InChI is InChI=1S/C21H19F2N7O2/c22-17(23)18-25-15-6-1-2-7-16(15)30(18)21-27-19(24-13-4-3-5-14(31)12-13)26-20(28-21)29-8-10-32-11-9-29/h1-7,12,17,31H,8-11H2,(H,24,26,27,28). The lowest BCUT2D eigenvalue weighted by Crippen LogP contribution is -2.37. The largest absolute Gasteiger partial charge is 0.508 e. The number of imidazole rings is 1. The van der Waals surface area contributed by atoms with Crippen LogP contribution in [-0.4, -0.2) is 55.9 Å². The molecule has 0 saturated carbocycles. The zero-order valence-electron chi connectivity index (χ0n) is 16.8. The van der Waals surface area contributed by atoms with Crippen LogP contribution >= 0.6 is 0 Å². The molecule has 164 valence electrons. The Morgan fingerprint density at radius 2 is 1.72 bits per heavy atom. The third-order valence-electron chi connectivity index (χ3n) is 4.99. The van der Waals surface area contributed by atoms with Crippen LogP contribution in [0.15, 0.2) is 48.5 Å². The molecule has 5 rings (SSSR count). The van der Waals surface area contributed by atoms with Crippen LogP contribution < -0.4 is 10.2 Å². The zero-order chi connectivity index (χ0) is 22.1. The number of halogens is 2. The van der Waals surface area contributed by atoms with E-state index in [1.807, 2.05) is 4.90 Å². The van der Waals surface area contributed by atoms with Crippen LogP contribution in [0.3, 0.4) is 0 Å². The summed E-state index contributed by atoms with van der Waals surface area (Å²) in [7, 11) is 0. The summed E-state index contributed by atoms with van der Waals surface area (Å²) in [5.74, 6) is 0.124. The molecular weight excluding hydrogens is 420 g/mol. The number of para-hydroxylation sites is 2. The SMILES string of the molecule is Oc1cccc(Nc2nc(N3CCOCC3)nc(-n3c(C(F)F)nc4ccccc43)n2)c1. The number of aromatic hydroxyl groups is 1. The predicted molar refractivity (Wildman–Crippen MR) is 114 cm³/mol. The van der Waals surface area contributed by atoms with Gasteiger partial charge < -0.3 is 20.1 Å². The first-order valence-electron chi connectivity index (χ1n) is 9.99. The number of nitrogens with one attached hydrogen (secondary N) is 1. The number of anilines is 3. The van der Waals surface area contributed by atoms with Crippen LogP contribution in [0, 0.1) is 0 Å². The van der Waals surface area contributed by atoms with Crippen molar-refractivity contribution in [3.8, 4) is 11.7 Å². The first-order valence-corrected chi connectivity index (χ1v) is 9.99. The van der Waals surface area contributed by atoms with E-state index >= 15 is 0 Å². The van der Waals surface area contributed by atoms with Crippen molar-refractivity contribution in [1.29, 1.82) is 0 Å². The van der Waals surface area contributed by atoms with Crippen LogP contribution in [0.4, 0.5) is 26.4 Å². The molecule has 1 aliphatic rings. The van der Waals surface area contributed by atoms with Crippen molar-refractivity contribution in [3.63, 3.8) is 0 Å². The Hall–Kier alpha value is -3.86. The second-order valence-electron chi connectivity index (χ2n) is 7.13. The molecule has 11 heteroatoms. The second kappa shape index (κ2) is 8.35. The van der Waals surface area contributed by atoms with E-state index in [4.69, 9.17) is 4.74 Å². The number of alkyl halides is 2. The third-order valence-corrected chi connectivity index (χ3v) is 4.99. The minimum atomic E-state index is -2.83.